The van der Waals surface area contributed by atoms with Crippen LogP contribution in [0.3, 0.4) is 0 Å². The molecule has 3 aromatic rings. The number of nitrogens with two attached hydrogens (primary N) is 1. The van der Waals surface area contributed by atoms with Crippen LogP contribution in [0, 0.1) is 0 Å². The smallest absolute Gasteiger partial charge is 0.255 e. The number of aromatic nitrogens is 2. The fourth-order valence-corrected chi connectivity index (χ4v) is 3.60. The third-order valence-electron chi connectivity index (χ3n) is 4.33. The number of halogens is 1. The van der Waals surface area contributed by atoms with Crippen molar-refractivity contribution in [2.24, 2.45) is 5.73 Å². The van der Waals surface area contributed by atoms with Gasteiger partial charge < -0.3 is 30.6 Å². The van der Waals surface area contributed by atoms with E-state index in [1.165, 1.54) is 20.4 Å². The molecule has 14 heteroatoms. The number of primary amides is 1. The number of para-hydroxylation sites is 1. The van der Waals surface area contributed by atoms with Crippen LogP contribution >= 0.6 is 11.6 Å². The van der Waals surface area contributed by atoms with Gasteiger partial charge in [-0.15, -0.1) is 0 Å². The highest BCUT2D eigenvalue weighted by Gasteiger charge is 2.16. The number of amides is 1. The average Bonchev–Trinajstić information content (AvgIpc) is 2.80. The van der Waals surface area contributed by atoms with Gasteiger partial charge in [0.2, 0.25) is 16.0 Å². The number of carbonyl (C=O) groups is 1. The first-order valence-electron chi connectivity index (χ1n) is 9.90. The van der Waals surface area contributed by atoms with Crippen molar-refractivity contribution in [1.29, 1.82) is 0 Å². The second-order valence-electron chi connectivity index (χ2n) is 7.01. The quantitative estimate of drug-likeness (QED) is 0.294. The van der Waals surface area contributed by atoms with Gasteiger partial charge in [0, 0.05) is 6.07 Å². The van der Waals surface area contributed by atoms with Gasteiger partial charge in [0.05, 0.1) is 38.0 Å². The Morgan fingerprint density at radius 3 is 2.49 bits per heavy atom. The Hall–Kier alpha value is -3.97. The maximum absolute atomic E-state index is 11.9. The average molecular weight is 523 g/mol. The number of hydrogen-bond acceptors (Lipinski definition) is 10. The van der Waals surface area contributed by atoms with Gasteiger partial charge in [-0.1, -0.05) is 17.7 Å². The molecule has 1 aromatic heterocycles. The lowest BCUT2D eigenvalue weighted by atomic mass is 10.2. The largest absolute Gasteiger partial charge is 0.494 e. The molecule has 0 spiro atoms. The second kappa shape index (κ2) is 11.0. The lowest BCUT2D eigenvalue weighted by Crippen LogP contribution is -2.20. The van der Waals surface area contributed by atoms with Gasteiger partial charge in [-0.25, -0.2) is 13.4 Å². The molecule has 35 heavy (non-hydrogen) atoms. The first kappa shape index (κ1) is 25.6. The molecular formula is C21H23ClN6O6S. The van der Waals surface area contributed by atoms with Gasteiger partial charge in [-0.2, -0.15) is 4.98 Å². The fourth-order valence-electron chi connectivity index (χ4n) is 2.88. The minimum Gasteiger partial charge on any atom is -0.494 e. The number of methoxy groups -OCH3 is 2. The third kappa shape index (κ3) is 7.01. The van der Waals surface area contributed by atoms with Gasteiger partial charge in [0.1, 0.15) is 28.0 Å². The number of anilines is 5. The van der Waals surface area contributed by atoms with Crippen LogP contribution in [0.25, 0.3) is 0 Å². The number of nitrogens with one attached hydrogen (secondary N) is 3. The number of ether oxygens (including phenoxy) is 3. The third-order valence-corrected chi connectivity index (χ3v) is 5.18. The van der Waals surface area contributed by atoms with Crippen LogP contribution in [0.4, 0.5) is 28.8 Å². The molecule has 0 unspecified atom stereocenters. The molecule has 0 aliphatic heterocycles. The van der Waals surface area contributed by atoms with E-state index >= 15 is 0 Å². The summed E-state index contributed by atoms with van der Waals surface area (Å²) in [5.41, 5.74) is 6.15. The van der Waals surface area contributed by atoms with E-state index in [9.17, 15) is 13.2 Å². The molecular weight excluding hydrogens is 500 g/mol. The van der Waals surface area contributed by atoms with E-state index in [4.69, 9.17) is 31.5 Å². The molecule has 1 heterocycles. The maximum Gasteiger partial charge on any atom is 0.255 e. The van der Waals surface area contributed by atoms with E-state index in [2.05, 4.69) is 25.3 Å². The molecule has 0 fully saturated rings. The summed E-state index contributed by atoms with van der Waals surface area (Å²) in [6.07, 6.45) is 2.40. The van der Waals surface area contributed by atoms with Crippen LogP contribution in [0.2, 0.25) is 5.02 Å². The molecule has 0 saturated heterocycles. The summed E-state index contributed by atoms with van der Waals surface area (Å²) in [6, 6.07) is 9.75. The number of carbonyl (C=O) groups excluding carboxylic acids is 1. The molecule has 0 radical (unpaired) electrons. The Balaban J connectivity index is 1.89. The molecule has 186 valence electrons. The molecule has 0 aliphatic carbocycles. The summed E-state index contributed by atoms with van der Waals surface area (Å²) in [6.45, 7) is -0.272. The highest BCUT2D eigenvalue weighted by atomic mass is 35.5. The minimum absolute atomic E-state index is 0.168. The summed E-state index contributed by atoms with van der Waals surface area (Å²) in [7, 11) is -0.716. The zero-order valence-electron chi connectivity index (χ0n) is 19.0. The monoisotopic (exact) mass is 522 g/mol. The summed E-state index contributed by atoms with van der Waals surface area (Å²) < 4.78 is 42.1. The number of benzene rings is 2. The van der Waals surface area contributed by atoms with E-state index in [0.29, 0.717) is 28.6 Å². The predicted molar refractivity (Wildman–Crippen MR) is 133 cm³/mol. The highest BCUT2D eigenvalue weighted by molar-refractivity contribution is 7.92. The molecule has 12 nitrogen and oxygen atoms in total. The molecule has 0 aliphatic rings. The zero-order chi connectivity index (χ0) is 25.6. The normalized spacial score (nSPS) is 10.9. The van der Waals surface area contributed by atoms with Gasteiger partial charge in [-0.05, 0) is 24.3 Å². The Morgan fingerprint density at radius 2 is 1.83 bits per heavy atom. The van der Waals surface area contributed by atoms with Gasteiger partial charge in [-0.3, -0.25) is 9.52 Å². The van der Waals surface area contributed by atoms with Crippen LogP contribution in [0.15, 0.2) is 42.6 Å². The topological polar surface area (TPSA) is 167 Å². The SMILES string of the molecule is COc1cc(OCC(N)=O)ccc1Nc1ncc(Cl)c(Nc2cccc(OC)c2NS(C)(=O)=O)n1. The van der Waals surface area contributed by atoms with Crippen LogP contribution in [-0.4, -0.2) is 51.4 Å². The van der Waals surface area contributed by atoms with Gasteiger partial charge in [0.15, 0.2) is 12.4 Å². The Labute approximate surface area is 206 Å². The first-order valence-corrected chi connectivity index (χ1v) is 12.2. The fraction of sp³-hybridized carbons (Fsp3) is 0.190. The molecule has 2 aromatic carbocycles. The van der Waals surface area contributed by atoms with E-state index in [1.54, 1.807) is 36.4 Å². The van der Waals surface area contributed by atoms with Gasteiger partial charge in [0.25, 0.3) is 5.91 Å². The van der Waals surface area contributed by atoms with E-state index < -0.39 is 15.9 Å². The number of rotatable bonds is 11. The molecule has 5 N–H and O–H groups in total. The van der Waals surface area contributed by atoms with Crippen molar-refractivity contribution in [1.82, 2.24) is 9.97 Å². The zero-order valence-corrected chi connectivity index (χ0v) is 20.5. The highest BCUT2D eigenvalue weighted by Crippen LogP contribution is 2.37. The number of nitrogens with zero attached hydrogens (tertiary/aromatic N) is 2. The maximum atomic E-state index is 11.9. The van der Waals surface area contributed by atoms with Crippen molar-refractivity contribution in [3.63, 3.8) is 0 Å². The molecule has 0 bridgehead atoms. The molecule has 3 rings (SSSR count). The van der Waals surface area contributed by atoms with E-state index in [-0.39, 0.29) is 29.1 Å². The van der Waals surface area contributed by atoms with Crippen LogP contribution in [0.1, 0.15) is 0 Å². The Morgan fingerprint density at radius 1 is 1.09 bits per heavy atom. The number of sulfonamides is 1. The van der Waals surface area contributed by atoms with Crippen molar-refractivity contribution in [2.45, 2.75) is 0 Å². The van der Waals surface area contributed by atoms with Crippen molar-refractivity contribution in [3.8, 4) is 17.2 Å². The molecule has 0 atom stereocenters. The summed E-state index contributed by atoms with van der Waals surface area (Å²) in [4.78, 5) is 19.5. The standard InChI is InChI=1S/C21H23ClN6O6S/c1-32-16-6-4-5-15(19(16)28-35(3,30)31)25-20-13(22)10-24-21(27-20)26-14-8-7-12(9-17(14)33-2)34-11-18(23)29/h4-10,28H,11H2,1-3H3,(H2,23,29)(H2,24,25,26,27). The van der Waals surface area contributed by atoms with Crippen molar-refractivity contribution in [2.75, 3.05) is 42.4 Å². The van der Waals surface area contributed by atoms with Crippen molar-refractivity contribution in [3.05, 3.63) is 47.6 Å². The van der Waals surface area contributed by atoms with Crippen LogP contribution in [-0.2, 0) is 14.8 Å². The van der Waals surface area contributed by atoms with Crippen molar-refractivity contribution < 1.29 is 27.4 Å². The van der Waals surface area contributed by atoms with Gasteiger partial charge >= 0.3 is 0 Å². The lowest BCUT2D eigenvalue weighted by molar-refractivity contribution is -0.119. The molecule has 1 amide bonds. The first-order chi connectivity index (χ1) is 16.6. The number of hydrogen-bond donors (Lipinski definition) is 4. The second-order valence-corrected chi connectivity index (χ2v) is 9.17. The van der Waals surface area contributed by atoms with E-state index in [0.717, 1.165) is 6.26 Å². The summed E-state index contributed by atoms with van der Waals surface area (Å²) in [5, 5.41) is 6.21. The molecule has 0 saturated carbocycles. The Bertz CT molecular complexity index is 1340. The van der Waals surface area contributed by atoms with Crippen LogP contribution < -0.4 is 35.3 Å². The van der Waals surface area contributed by atoms with Crippen molar-refractivity contribution >= 4 is 56.4 Å². The Kier molecular flexibility index (Phi) is 8.04. The van der Waals surface area contributed by atoms with E-state index in [1.807, 2.05) is 0 Å². The predicted octanol–water partition coefficient (Wildman–Crippen LogP) is 2.87. The lowest BCUT2D eigenvalue weighted by Gasteiger charge is -2.17. The summed E-state index contributed by atoms with van der Waals surface area (Å²) >= 11 is 6.28. The van der Waals surface area contributed by atoms with Crippen LogP contribution in [0.5, 0.6) is 17.2 Å². The minimum atomic E-state index is -3.60. The summed E-state index contributed by atoms with van der Waals surface area (Å²) in [5.74, 6) is 0.844.